The molecule has 0 aromatic rings. The monoisotopic (exact) mass is 364 g/mol. The van der Waals surface area contributed by atoms with Crippen LogP contribution in [-0.4, -0.2) is 0 Å². The normalized spacial score (nSPS) is 35.5. The van der Waals surface area contributed by atoms with Gasteiger partial charge in [-0.05, 0) is 77.4 Å². The summed E-state index contributed by atoms with van der Waals surface area (Å²) in [6.45, 7) is 30.1. The van der Waals surface area contributed by atoms with Crippen LogP contribution in [0.15, 0.2) is 0 Å². The molecule has 8 atom stereocenters. The van der Waals surface area contributed by atoms with E-state index in [9.17, 15) is 0 Å². The number of hydrogen-bond donors (Lipinski definition) is 0. The molecule has 8 unspecified atom stereocenters. The van der Waals surface area contributed by atoms with Crippen molar-refractivity contribution >= 4 is 0 Å². The van der Waals surface area contributed by atoms with Crippen LogP contribution in [0.1, 0.15) is 95.9 Å². The lowest BCUT2D eigenvalue weighted by Gasteiger charge is -2.57. The zero-order valence-corrected chi connectivity index (χ0v) is 20.3. The molecule has 0 saturated heterocycles. The van der Waals surface area contributed by atoms with Crippen molar-refractivity contribution in [1.29, 1.82) is 0 Å². The summed E-state index contributed by atoms with van der Waals surface area (Å²) in [6, 6.07) is 0. The molecule has 0 aromatic carbocycles. The van der Waals surface area contributed by atoms with Crippen LogP contribution in [0.3, 0.4) is 0 Å². The predicted octanol–water partition coefficient (Wildman–Crippen LogP) is 8.41. The summed E-state index contributed by atoms with van der Waals surface area (Å²) in [5.74, 6) is 10.2. The smallest absolute Gasteiger partial charge is 0.0319 e. The van der Waals surface area contributed by atoms with Crippen LogP contribution in [0.4, 0.5) is 0 Å². The Balaban J connectivity index is 3.47. The van der Waals surface area contributed by atoms with Crippen molar-refractivity contribution in [3.63, 3.8) is 0 Å². The summed E-state index contributed by atoms with van der Waals surface area (Å²) < 4.78 is 0. The molecular formula is C26H52. The third-order valence-electron chi connectivity index (χ3n) is 8.45. The second kappa shape index (κ2) is 9.97. The summed E-state index contributed by atoms with van der Waals surface area (Å²) in [5, 5.41) is 0. The van der Waals surface area contributed by atoms with Gasteiger partial charge in [-0.3, -0.25) is 0 Å². The van der Waals surface area contributed by atoms with E-state index in [-0.39, 0.29) is 0 Å². The summed E-state index contributed by atoms with van der Waals surface area (Å²) in [6.07, 6.45) is 2.76. The Kier molecular flexibility index (Phi) is 9.22. The van der Waals surface area contributed by atoms with Gasteiger partial charge in [-0.25, -0.2) is 0 Å². The largest absolute Gasteiger partial charge is 0.0651 e. The van der Waals surface area contributed by atoms with E-state index in [1.165, 1.54) is 12.8 Å². The second-order valence-electron chi connectivity index (χ2n) is 11.4. The minimum absolute atomic E-state index is 0.787. The van der Waals surface area contributed by atoms with Gasteiger partial charge in [0.25, 0.3) is 0 Å². The first-order valence-electron chi connectivity index (χ1n) is 11.9. The van der Waals surface area contributed by atoms with Gasteiger partial charge in [0.2, 0.25) is 0 Å². The molecule has 0 N–H and O–H groups in total. The predicted molar refractivity (Wildman–Crippen MR) is 119 cm³/mol. The first kappa shape index (κ1) is 24.0. The molecule has 0 radical (unpaired) electrons. The van der Waals surface area contributed by atoms with E-state index >= 15 is 0 Å². The molecule has 1 rings (SSSR count). The Bertz CT molecular complexity index is 391. The molecule has 0 aromatic heterocycles. The maximum absolute atomic E-state index is 2.63. The first-order valence-corrected chi connectivity index (χ1v) is 11.9. The van der Waals surface area contributed by atoms with E-state index < -0.39 is 0 Å². The molecule has 0 spiro atoms. The fourth-order valence-corrected chi connectivity index (χ4v) is 7.04. The standard InChI is InChI=1S/C26H52/c1-13-22(17(6)7)25-21(12)23(14-15(2)3)20(11)24(18(8)9)26(25)19(10)16(4)5/h15-26H,13-14H2,1-12H3. The third kappa shape index (κ3) is 5.08. The quantitative estimate of drug-likeness (QED) is 0.405. The van der Waals surface area contributed by atoms with E-state index in [1.807, 2.05) is 0 Å². The maximum atomic E-state index is 2.63. The van der Waals surface area contributed by atoms with Crippen LogP contribution >= 0.6 is 0 Å². The molecule has 0 bridgehead atoms. The van der Waals surface area contributed by atoms with Gasteiger partial charge in [0, 0.05) is 0 Å². The average Bonchev–Trinajstić information content (AvgIpc) is 2.51. The van der Waals surface area contributed by atoms with Gasteiger partial charge >= 0.3 is 0 Å². The minimum atomic E-state index is 0.787. The van der Waals surface area contributed by atoms with E-state index in [4.69, 9.17) is 0 Å². The third-order valence-corrected chi connectivity index (χ3v) is 8.45. The summed E-state index contributed by atoms with van der Waals surface area (Å²) in [5.41, 5.74) is 0. The molecule has 0 amide bonds. The highest BCUT2D eigenvalue weighted by Crippen LogP contribution is 2.57. The fourth-order valence-electron chi connectivity index (χ4n) is 7.04. The Morgan fingerprint density at radius 3 is 1.50 bits per heavy atom. The van der Waals surface area contributed by atoms with Crippen molar-refractivity contribution in [3.8, 4) is 0 Å². The first-order chi connectivity index (χ1) is 11.9. The molecule has 0 aliphatic heterocycles. The molecule has 1 aliphatic carbocycles. The van der Waals surface area contributed by atoms with Crippen molar-refractivity contribution < 1.29 is 0 Å². The topological polar surface area (TPSA) is 0 Å². The molecule has 26 heavy (non-hydrogen) atoms. The van der Waals surface area contributed by atoms with Crippen LogP contribution in [0.2, 0.25) is 0 Å². The van der Waals surface area contributed by atoms with Gasteiger partial charge < -0.3 is 0 Å². The highest BCUT2D eigenvalue weighted by Gasteiger charge is 2.51. The van der Waals surface area contributed by atoms with Crippen molar-refractivity contribution in [2.45, 2.75) is 95.9 Å². The summed E-state index contributed by atoms with van der Waals surface area (Å²) >= 11 is 0. The maximum Gasteiger partial charge on any atom is -0.0319 e. The van der Waals surface area contributed by atoms with E-state index in [0.717, 1.165) is 71.0 Å². The van der Waals surface area contributed by atoms with Gasteiger partial charge in [-0.15, -0.1) is 0 Å². The van der Waals surface area contributed by atoms with Gasteiger partial charge in [0.05, 0.1) is 0 Å². The Hall–Kier alpha value is 0. The van der Waals surface area contributed by atoms with Gasteiger partial charge in [0.15, 0.2) is 0 Å². The van der Waals surface area contributed by atoms with Crippen LogP contribution in [-0.2, 0) is 0 Å². The van der Waals surface area contributed by atoms with Crippen molar-refractivity contribution in [3.05, 3.63) is 0 Å². The number of rotatable bonds is 8. The summed E-state index contributed by atoms with van der Waals surface area (Å²) in [7, 11) is 0. The highest BCUT2D eigenvalue weighted by molar-refractivity contribution is 4.99. The lowest BCUT2D eigenvalue weighted by Crippen LogP contribution is -2.52. The second-order valence-corrected chi connectivity index (χ2v) is 11.4. The molecule has 156 valence electrons. The zero-order valence-electron chi connectivity index (χ0n) is 20.3. The lowest BCUT2D eigenvalue weighted by molar-refractivity contribution is -0.0956. The fraction of sp³-hybridized carbons (Fsp3) is 1.00. The highest BCUT2D eigenvalue weighted by atomic mass is 14.6. The van der Waals surface area contributed by atoms with Crippen molar-refractivity contribution in [2.75, 3.05) is 0 Å². The molecule has 0 nitrogen and oxygen atoms in total. The van der Waals surface area contributed by atoms with Crippen LogP contribution < -0.4 is 0 Å². The zero-order chi connectivity index (χ0) is 20.3. The van der Waals surface area contributed by atoms with E-state index in [1.54, 1.807) is 0 Å². The van der Waals surface area contributed by atoms with E-state index in [2.05, 4.69) is 83.1 Å². The average molecular weight is 365 g/mol. The Morgan fingerprint density at radius 1 is 0.654 bits per heavy atom. The molecule has 1 fully saturated rings. The van der Waals surface area contributed by atoms with Crippen LogP contribution in [0, 0.1) is 71.0 Å². The summed E-state index contributed by atoms with van der Waals surface area (Å²) in [4.78, 5) is 0. The Labute approximate surface area is 167 Å². The number of hydrogen-bond acceptors (Lipinski definition) is 0. The van der Waals surface area contributed by atoms with Crippen molar-refractivity contribution in [1.82, 2.24) is 0 Å². The molecule has 0 heteroatoms. The Morgan fingerprint density at radius 2 is 1.15 bits per heavy atom. The van der Waals surface area contributed by atoms with Crippen LogP contribution in [0.5, 0.6) is 0 Å². The lowest BCUT2D eigenvalue weighted by atomic mass is 9.48. The molecular weight excluding hydrogens is 312 g/mol. The minimum Gasteiger partial charge on any atom is -0.0651 e. The molecule has 1 aliphatic rings. The van der Waals surface area contributed by atoms with E-state index in [0.29, 0.717) is 0 Å². The van der Waals surface area contributed by atoms with Crippen LogP contribution in [0.25, 0.3) is 0 Å². The van der Waals surface area contributed by atoms with Crippen molar-refractivity contribution in [2.24, 2.45) is 71.0 Å². The molecule has 1 saturated carbocycles. The van der Waals surface area contributed by atoms with Gasteiger partial charge in [-0.2, -0.15) is 0 Å². The molecule has 0 heterocycles. The van der Waals surface area contributed by atoms with Gasteiger partial charge in [-0.1, -0.05) is 89.5 Å². The van der Waals surface area contributed by atoms with Gasteiger partial charge in [0.1, 0.15) is 0 Å². The SMILES string of the molecule is CCC(C(C)C)C1C(C)C(CC(C)C)C(C)C(C(C)C)C1C(C)C(C)C.